The van der Waals surface area contributed by atoms with Crippen LogP contribution in [0.2, 0.25) is 0 Å². The Morgan fingerprint density at radius 3 is 2.65 bits per heavy atom. The molecule has 0 radical (unpaired) electrons. The Morgan fingerprint density at radius 1 is 1.20 bits per heavy atom. The Kier molecular flexibility index (Phi) is 8.74. The van der Waals surface area contributed by atoms with E-state index in [0.717, 1.165) is 18.9 Å². The Hall–Kier alpha value is -0.120. The number of hydrogen-bond donors (Lipinski definition) is 2. The lowest BCUT2D eigenvalue weighted by Gasteiger charge is -2.29. The summed E-state index contributed by atoms with van der Waals surface area (Å²) in [5.41, 5.74) is -0.0825. The quantitative estimate of drug-likeness (QED) is 0.639. The van der Waals surface area contributed by atoms with Crippen LogP contribution in [0.1, 0.15) is 65.7 Å². The molecule has 120 valence electrons. The van der Waals surface area contributed by atoms with E-state index in [1.54, 1.807) is 0 Å². The third-order valence-electron chi connectivity index (χ3n) is 4.92. The molecule has 0 aromatic heterocycles. The number of likely N-dealkylation sites (tertiary alicyclic amines) is 1. The monoisotopic (exact) mass is 284 g/mol. The molecule has 0 aromatic rings. The lowest BCUT2D eigenvalue weighted by atomic mass is 9.95. The zero-order valence-corrected chi connectivity index (χ0v) is 14.0. The largest absolute Gasteiger partial charge is 0.394 e. The molecule has 20 heavy (non-hydrogen) atoms. The molecule has 3 heteroatoms. The highest BCUT2D eigenvalue weighted by molar-refractivity contribution is 4.81. The van der Waals surface area contributed by atoms with E-state index in [2.05, 4.69) is 31.0 Å². The van der Waals surface area contributed by atoms with Gasteiger partial charge in [0.25, 0.3) is 0 Å². The second-order valence-electron chi connectivity index (χ2n) is 6.75. The fraction of sp³-hybridized carbons (Fsp3) is 1.00. The van der Waals surface area contributed by atoms with Gasteiger partial charge in [-0.1, -0.05) is 26.7 Å². The Bertz CT molecular complexity index is 247. The molecule has 0 bridgehead atoms. The van der Waals surface area contributed by atoms with Crippen LogP contribution in [0, 0.1) is 5.92 Å². The summed E-state index contributed by atoms with van der Waals surface area (Å²) >= 11 is 0. The third-order valence-corrected chi connectivity index (χ3v) is 4.92. The highest BCUT2D eigenvalue weighted by Gasteiger charge is 2.21. The molecule has 1 rings (SSSR count). The standard InChI is InChI=1S/C17H36N2O/c1-4-16-9-8-13-19(14-10-16)12-7-6-11-17(3,15-20)18-5-2/h16,18,20H,4-15H2,1-3H3. The minimum atomic E-state index is -0.0825. The number of likely N-dealkylation sites (N-methyl/N-ethyl adjacent to an activating group) is 1. The van der Waals surface area contributed by atoms with E-state index in [1.807, 2.05) is 0 Å². The van der Waals surface area contributed by atoms with Crippen molar-refractivity contribution in [3.63, 3.8) is 0 Å². The SMILES string of the molecule is CCNC(C)(CO)CCCCN1CCCC(CC)CC1. The summed E-state index contributed by atoms with van der Waals surface area (Å²) < 4.78 is 0. The van der Waals surface area contributed by atoms with Crippen LogP contribution >= 0.6 is 0 Å². The molecule has 3 nitrogen and oxygen atoms in total. The van der Waals surface area contributed by atoms with E-state index in [-0.39, 0.29) is 12.1 Å². The fourth-order valence-corrected chi connectivity index (χ4v) is 3.36. The van der Waals surface area contributed by atoms with Crippen LogP contribution in [0.5, 0.6) is 0 Å². The molecule has 1 fully saturated rings. The van der Waals surface area contributed by atoms with E-state index >= 15 is 0 Å². The molecule has 2 atom stereocenters. The number of unbranched alkanes of at least 4 members (excludes halogenated alkanes) is 1. The van der Waals surface area contributed by atoms with Crippen molar-refractivity contribution < 1.29 is 5.11 Å². The van der Waals surface area contributed by atoms with Crippen molar-refractivity contribution >= 4 is 0 Å². The minimum absolute atomic E-state index is 0.0825. The maximum absolute atomic E-state index is 9.49. The van der Waals surface area contributed by atoms with Gasteiger partial charge in [0.05, 0.1) is 6.61 Å². The maximum Gasteiger partial charge on any atom is 0.0610 e. The number of rotatable bonds is 9. The van der Waals surface area contributed by atoms with Gasteiger partial charge in [-0.2, -0.15) is 0 Å². The van der Waals surface area contributed by atoms with Gasteiger partial charge in [-0.3, -0.25) is 0 Å². The molecule has 2 unspecified atom stereocenters. The van der Waals surface area contributed by atoms with Crippen molar-refractivity contribution in [1.82, 2.24) is 10.2 Å². The van der Waals surface area contributed by atoms with Gasteiger partial charge >= 0.3 is 0 Å². The van der Waals surface area contributed by atoms with Gasteiger partial charge in [-0.05, 0) is 71.1 Å². The molecule has 0 aromatic carbocycles. The molecular formula is C17H36N2O. The Labute approximate surface area is 126 Å². The average Bonchev–Trinajstić information content (AvgIpc) is 2.69. The van der Waals surface area contributed by atoms with Crippen molar-refractivity contribution in [2.24, 2.45) is 5.92 Å². The van der Waals surface area contributed by atoms with E-state index in [4.69, 9.17) is 0 Å². The highest BCUT2D eigenvalue weighted by atomic mass is 16.3. The number of hydrogen-bond acceptors (Lipinski definition) is 3. The van der Waals surface area contributed by atoms with Crippen molar-refractivity contribution in [3.05, 3.63) is 0 Å². The summed E-state index contributed by atoms with van der Waals surface area (Å²) in [6.07, 6.45) is 9.09. The van der Waals surface area contributed by atoms with Crippen molar-refractivity contribution in [1.29, 1.82) is 0 Å². The second kappa shape index (κ2) is 9.75. The van der Waals surface area contributed by atoms with E-state index in [0.29, 0.717) is 0 Å². The number of aliphatic hydroxyl groups is 1. The average molecular weight is 284 g/mol. The molecule has 1 aliphatic rings. The summed E-state index contributed by atoms with van der Waals surface area (Å²) in [5, 5.41) is 12.9. The second-order valence-corrected chi connectivity index (χ2v) is 6.75. The molecule has 0 spiro atoms. The zero-order valence-electron chi connectivity index (χ0n) is 14.0. The van der Waals surface area contributed by atoms with Gasteiger partial charge in [0, 0.05) is 5.54 Å². The molecule has 0 saturated carbocycles. The molecule has 2 N–H and O–H groups in total. The van der Waals surface area contributed by atoms with Crippen molar-refractivity contribution in [2.75, 3.05) is 32.8 Å². The number of nitrogens with zero attached hydrogens (tertiary/aromatic N) is 1. The van der Waals surface area contributed by atoms with Crippen LogP contribution in [0.25, 0.3) is 0 Å². The first-order valence-corrected chi connectivity index (χ1v) is 8.71. The molecular weight excluding hydrogens is 248 g/mol. The Morgan fingerprint density at radius 2 is 2.00 bits per heavy atom. The van der Waals surface area contributed by atoms with E-state index in [1.165, 1.54) is 58.2 Å². The van der Waals surface area contributed by atoms with Gasteiger partial charge in [0.2, 0.25) is 0 Å². The van der Waals surface area contributed by atoms with Gasteiger partial charge in [0.15, 0.2) is 0 Å². The lowest BCUT2D eigenvalue weighted by molar-refractivity contribution is 0.162. The predicted octanol–water partition coefficient (Wildman–Crippen LogP) is 3.03. The first-order chi connectivity index (χ1) is 9.63. The first-order valence-electron chi connectivity index (χ1n) is 8.71. The lowest BCUT2D eigenvalue weighted by Crippen LogP contribution is -2.45. The van der Waals surface area contributed by atoms with Crippen molar-refractivity contribution in [3.8, 4) is 0 Å². The van der Waals surface area contributed by atoms with Crippen LogP contribution in [-0.4, -0.2) is 48.3 Å². The fourth-order valence-electron chi connectivity index (χ4n) is 3.36. The number of aliphatic hydroxyl groups excluding tert-OH is 1. The van der Waals surface area contributed by atoms with Crippen molar-refractivity contribution in [2.45, 2.75) is 71.3 Å². The van der Waals surface area contributed by atoms with E-state index < -0.39 is 0 Å². The normalized spacial score (nSPS) is 24.3. The van der Waals surface area contributed by atoms with E-state index in [9.17, 15) is 5.11 Å². The van der Waals surface area contributed by atoms with Gasteiger partial charge < -0.3 is 15.3 Å². The summed E-state index contributed by atoms with van der Waals surface area (Å²) in [6, 6.07) is 0. The summed E-state index contributed by atoms with van der Waals surface area (Å²) in [7, 11) is 0. The van der Waals surface area contributed by atoms with Gasteiger partial charge in [-0.25, -0.2) is 0 Å². The Balaban J connectivity index is 2.17. The maximum atomic E-state index is 9.49. The topological polar surface area (TPSA) is 35.5 Å². The van der Waals surface area contributed by atoms with Crippen LogP contribution < -0.4 is 5.32 Å². The molecule has 0 amide bonds. The van der Waals surface area contributed by atoms with Gasteiger partial charge in [-0.15, -0.1) is 0 Å². The molecule has 1 aliphatic heterocycles. The molecule has 1 heterocycles. The van der Waals surface area contributed by atoms with Crippen LogP contribution in [0.3, 0.4) is 0 Å². The summed E-state index contributed by atoms with van der Waals surface area (Å²) in [6.45, 7) is 11.6. The molecule has 1 saturated heterocycles. The van der Waals surface area contributed by atoms with Crippen LogP contribution in [0.15, 0.2) is 0 Å². The van der Waals surface area contributed by atoms with Crippen LogP contribution in [0.4, 0.5) is 0 Å². The number of nitrogens with one attached hydrogen (secondary N) is 1. The summed E-state index contributed by atoms with van der Waals surface area (Å²) in [4.78, 5) is 2.65. The highest BCUT2D eigenvalue weighted by Crippen LogP contribution is 2.21. The third kappa shape index (κ3) is 6.55. The first kappa shape index (κ1) is 17.9. The molecule has 0 aliphatic carbocycles. The predicted molar refractivity (Wildman–Crippen MR) is 87.1 cm³/mol. The summed E-state index contributed by atoms with van der Waals surface area (Å²) in [5.74, 6) is 0.964. The minimum Gasteiger partial charge on any atom is -0.394 e. The van der Waals surface area contributed by atoms with Gasteiger partial charge in [0.1, 0.15) is 0 Å². The smallest absolute Gasteiger partial charge is 0.0610 e. The zero-order chi connectivity index (χ0) is 14.8. The van der Waals surface area contributed by atoms with Crippen LogP contribution in [-0.2, 0) is 0 Å².